The van der Waals surface area contributed by atoms with Crippen LogP contribution in [0.1, 0.15) is 16.1 Å². The highest BCUT2D eigenvalue weighted by molar-refractivity contribution is 6.05. The number of rotatable bonds is 5. The maximum atomic E-state index is 12.5. The topological polar surface area (TPSA) is 84.1 Å². The minimum Gasteiger partial charge on any atom is -0.467 e. The molecule has 0 aliphatic heterocycles. The molecule has 6 heteroatoms. The number of benzene rings is 2. The maximum Gasteiger partial charge on any atom is 0.328 e. The van der Waals surface area contributed by atoms with Gasteiger partial charge in [0, 0.05) is 11.8 Å². The van der Waals surface area contributed by atoms with E-state index in [-0.39, 0.29) is 5.69 Å². The van der Waals surface area contributed by atoms with E-state index in [1.165, 1.54) is 7.11 Å². The van der Waals surface area contributed by atoms with Crippen LogP contribution < -0.4 is 5.32 Å². The number of nitrogens with one attached hydrogen (secondary N) is 2. The zero-order valence-electron chi connectivity index (χ0n) is 13.2. The van der Waals surface area contributed by atoms with Gasteiger partial charge in [0.2, 0.25) is 0 Å². The highest BCUT2D eigenvalue weighted by atomic mass is 16.5. The molecule has 2 aromatic carbocycles. The average Bonchev–Trinajstić information content (AvgIpc) is 3.05. The number of amides is 1. The summed E-state index contributed by atoms with van der Waals surface area (Å²) < 4.78 is 4.81. The molecule has 122 valence electrons. The number of esters is 1. The summed E-state index contributed by atoms with van der Waals surface area (Å²) >= 11 is 0. The van der Waals surface area contributed by atoms with E-state index in [0.717, 1.165) is 11.1 Å². The summed E-state index contributed by atoms with van der Waals surface area (Å²) in [4.78, 5) is 24.6. The lowest BCUT2D eigenvalue weighted by Crippen LogP contribution is -2.43. The molecular formula is C18H17N3O3. The molecule has 1 aromatic heterocycles. The predicted octanol–water partition coefficient (Wildman–Crippen LogP) is 2.08. The molecular weight excluding hydrogens is 306 g/mol. The number of aromatic nitrogens is 2. The molecule has 0 spiro atoms. The first-order valence-electron chi connectivity index (χ1n) is 7.55. The molecule has 2 N–H and O–H groups in total. The van der Waals surface area contributed by atoms with Crippen molar-refractivity contribution in [1.29, 1.82) is 0 Å². The molecule has 6 nitrogen and oxygen atoms in total. The average molecular weight is 323 g/mol. The summed E-state index contributed by atoms with van der Waals surface area (Å²) in [6.45, 7) is 0. The fourth-order valence-electron chi connectivity index (χ4n) is 2.55. The second-order valence-corrected chi connectivity index (χ2v) is 5.36. The molecule has 0 aliphatic carbocycles. The van der Waals surface area contributed by atoms with Gasteiger partial charge in [-0.25, -0.2) is 4.79 Å². The van der Waals surface area contributed by atoms with Crippen molar-refractivity contribution in [3.63, 3.8) is 0 Å². The van der Waals surface area contributed by atoms with Gasteiger partial charge in [-0.2, -0.15) is 5.10 Å². The van der Waals surface area contributed by atoms with Crippen LogP contribution in [0.25, 0.3) is 10.9 Å². The first kappa shape index (κ1) is 15.7. The molecule has 0 radical (unpaired) electrons. The van der Waals surface area contributed by atoms with Gasteiger partial charge in [-0.1, -0.05) is 48.5 Å². The number of ether oxygens (including phenoxy) is 1. The molecule has 0 bridgehead atoms. The highest BCUT2D eigenvalue weighted by Crippen LogP contribution is 2.15. The van der Waals surface area contributed by atoms with Crippen LogP contribution >= 0.6 is 0 Å². The van der Waals surface area contributed by atoms with Crippen LogP contribution in [0, 0.1) is 0 Å². The van der Waals surface area contributed by atoms with Gasteiger partial charge < -0.3 is 10.1 Å². The largest absolute Gasteiger partial charge is 0.467 e. The number of carbonyl (C=O) groups excluding carboxylic acids is 2. The summed E-state index contributed by atoms with van der Waals surface area (Å²) in [5.41, 5.74) is 1.95. The van der Waals surface area contributed by atoms with E-state index in [9.17, 15) is 9.59 Å². The summed E-state index contributed by atoms with van der Waals surface area (Å²) in [6, 6.07) is 16.0. The molecule has 0 aliphatic rings. The second kappa shape index (κ2) is 6.95. The Morgan fingerprint density at radius 1 is 1.12 bits per heavy atom. The van der Waals surface area contributed by atoms with Crippen LogP contribution in [-0.2, 0) is 16.0 Å². The van der Waals surface area contributed by atoms with Crippen molar-refractivity contribution in [3.8, 4) is 0 Å². The summed E-state index contributed by atoms with van der Waals surface area (Å²) in [5.74, 6) is -0.911. The van der Waals surface area contributed by atoms with E-state index in [4.69, 9.17) is 4.74 Å². The molecule has 3 aromatic rings. The van der Waals surface area contributed by atoms with E-state index in [0.29, 0.717) is 11.8 Å². The van der Waals surface area contributed by atoms with E-state index in [1.54, 1.807) is 6.07 Å². The number of fused-ring (bicyclic) bond motifs is 1. The molecule has 1 heterocycles. The minimum absolute atomic E-state index is 0.257. The molecule has 1 atom stereocenters. The summed E-state index contributed by atoms with van der Waals surface area (Å²) in [5, 5.41) is 10.3. The smallest absolute Gasteiger partial charge is 0.328 e. The Labute approximate surface area is 138 Å². The van der Waals surface area contributed by atoms with Crippen molar-refractivity contribution in [2.75, 3.05) is 7.11 Å². The monoisotopic (exact) mass is 323 g/mol. The Morgan fingerprint density at radius 2 is 1.83 bits per heavy atom. The lowest BCUT2D eigenvalue weighted by atomic mass is 10.1. The molecule has 0 fully saturated rings. The Morgan fingerprint density at radius 3 is 2.58 bits per heavy atom. The van der Waals surface area contributed by atoms with E-state index >= 15 is 0 Å². The van der Waals surface area contributed by atoms with Gasteiger partial charge in [0.1, 0.15) is 6.04 Å². The second-order valence-electron chi connectivity index (χ2n) is 5.36. The van der Waals surface area contributed by atoms with Crippen molar-refractivity contribution in [2.45, 2.75) is 12.5 Å². The Balaban J connectivity index is 1.81. The standard InChI is InChI=1S/C18H17N3O3/c1-24-18(23)15(11-12-7-3-2-4-8-12)19-17(22)16-13-9-5-6-10-14(13)20-21-16/h2-10,15H,11H2,1H3,(H,19,22)(H,20,21)/t15-/m0/s1. The number of nitrogens with zero attached hydrogens (tertiary/aromatic N) is 1. The highest BCUT2D eigenvalue weighted by Gasteiger charge is 2.24. The van der Waals surface area contributed by atoms with Crippen LogP contribution in [-0.4, -0.2) is 35.2 Å². The fourth-order valence-corrected chi connectivity index (χ4v) is 2.55. The van der Waals surface area contributed by atoms with E-state index < -0.39 is 17.9 Å². The van der Waals surface area contributed by atoms with Gasteiger partial charge in [0.05, 0.1) is 12.6 Å². The lowest BCUT2D eigenvalue weighted by Gasteiger charge is -2.16. The van der Waals surface area contributed by atoms with Gasteiger partial charge in [-0.15, -0.1) is 0 Å². The number of carbonyl (C=O) groups is 2. The van der Waals surface area contributed by atoms with Crippen molar-refractivity contribution < 1.29 is 14.3 Å². The van der Waals surface area contributed by atoms with Crippen molar-refractivity contribution >= 4 is 22.8 Å². The van der Waals surface area contributed by atoms with Gasteiger partial charge in [-0.3, -0.25) is 9.89 Å². The summed E-state index contributed by atoms with van der Waals surface area (Å²) in [6.07, 6.45) is 0.349. The number of H-pyrrole nitrogens is 1. The van der Waals surface area contributed by atoms with Crippen molar-refractivity contribution in [2.24, 2.45) is 0 Å². The molecule has 1 amide bonds. The van der Waals surface area contributed by atoms with Crippen LogP contribution in [0.2, 0.25) is 0 Å². The van der Waals surface area contributed by atoms with Crippen molar-refractivity contribution in [1.82, 2.24) is 15.5 Å². The number of hydrogen-bond donors (Lipinski definition) is 2. The van der Waals surface area contributed by atoms with Gasteiger partial charge in [0.15, 0.2) is 5.69 Å². The Bertz CT molecular complexity index is 858. The predicted molar refractivity (Wildman–Crippen MR) is 89.5 cm³/mol. The van der Waals surface area contributed by atoms with E-state index in [1.807, 2.05) is 48.5 Å². The molecule has 3 rings (SSSR count). The number of aromatic amines is 1. The minimum atomic E-state index is -0.777. The van der Waals surface area contributed by atoms with Gasteiger partial charge >= 0.3 is 5.97 Å². The molecule has 0 saturated carbocycles. The van der Waals surface area contributed by atoms with Crippen LogP contribution in [0.15, 0.2) is 54.6 Å². The normalized spacial score (nSPS) is 11.9. The van der Waals surface area contributed by atoms with Gasteiger partial charge in [-0.05, 0) is 11.6 Å². The summed E-state index contributed by atoms with van der Waals surface area (Å²) in [7, 11) is 1.30. The third-order valence-electron chi connectivity index (χ3n) is 3.76. The van der Waals surface area contributed by atoms with Gasteiger partial charge in [0.25, 0.3) is 5.91 Å². The van der Waals surface area contributed by atoms with Crippen LogP contribution in [0.5, 0.6) is 0 Å². The van der Waals surface area contributed by atoms with Crippen LogP contribution in [0.4, 0.5) is 0 Å². The van der Waals surface area contributed by atoms with Crippen molar-refractivity contribution in [3.05, 3.63) is 65.9 Å². The molecule has 0 saturated heterocycles. The molecule has 0 unspecified atom stereocenters. The maximum absolute atomic E-state index is 12.5. The zero-order chi connectivity index (χ0) is 16.9. The first-order chi connectivity index (χ1) is 11.7. The number of methoxy groups -OCH3 is 1. The molecule has 24 heavy (non-hydrogen) atoms. The van der Waals surface area contributed by atoms with Crippen LogP contribution in [0.3, 0.4) is 0 Å². The first-order valence-corrected chi connectivity index (χ1v) is 7.55. The quantitative estimate of drug-likeness (QED) is 0.704. The number of hydrogen-bond acceptors (Lipinski definition) is 4. The fraction of sp³-hybridized carbons (Fsp3) is 0.167. The Kier molecular flexibility index (Phi) is 4.56. The Hall–Kier alpha value is -3.15. The number of para-hydroxylation sites is 1. The zero-order valence-corrected chi connectivity index (χ0v) is 13.2. The lowest BCUT2D eigenvalue weighted by molar-refractivity contribution is -0.142. The van der Waals surface area contributed by atoms with E-state index in [2.05, 4.69) is 15.5 Å². The third-order valence-corrected chi connectivity index (χ3v) is 3.76. The third kappa shape index (κ3) is 3.27. The SMILES string of the molecule is COC(=O)[C@H](Cc1ccccc1)NC(=O)c1n[nH]c2ccccc12.